The molecule has 1 N–H and O–H groups in total. The van der Waals surface area contributed by atoms with Crippen molar-refractivity contribution in [1.29, 1.82) is 0 Å². The van der Waals surface area contributed by atoms with Crippen molar-refractivity contribution < 1.29 is 9.90 Å². The molecule has 0 saturated carbocycles. The summed E-state index contributed by atoms with van der Waals surface area (Å²) in [5.74, 6) is 1.46. The van der Waals surface area contributed by atoms with E-state index in [9.17, 15) is 9.90 Å². The maximum Gasteiger partial charge on any atom is 0.291 e. The molecule has 6 nitrogen and oxygen atoms in total. The molecular formula is C16H26N4O2. The molecule has 1 amide bonds. The summed E-state index contributed by atoms with van der Waals surface area (Å²) in [6.45, 7) is 7.81. The van der Waals surface area contributed by atoms with E-state index < -0.39 is 5.60 Å². The Kier molecular flexibility index (Phi) is 3.97. The Morgan fingerprint density at radius 3 is 2.77 bits per heavy atom. The first-order chi connectivity index (χ1) is 10.4. The molecule has 2 atom stereocenters. The van der Waals surface area contributed by atoms with Gasteiger partial charge in [-0.15, -0.1) is 10.2 Å². The van der Waals surface area contributed by atoms with E-state index in [-0.39, 0.29) is 17.7 Å². The Labute approximate surface area is 131 Å². The van der Waals surface area contributed by atoms with Crippen LogP contribution in [0.5, 0.6) is 0 Å². The summed E-state index contributed by atoms with van der Waals surface area (Å²) in [7, 11) is 0. The summed E-state index contributed by atoms with van der Waals surface area (Å²) in [6.07, 6.45) is 4.25. The van der Waals surface area contributed by atoms with Crippen LogP contribution in [0.1, 0.15) is 56.5 Å². The van der Waals surface area contributed by atoms with Crippen molar-refractivity contribution in [2.45, 2.75) is 58.6 Å². The third-order valence-electron chi connectivity index (χ3n) is 5.38. The smallest absolute Gasteiger partial charge is 0.291 e. The first-order valence-electron chi connectivity index (χ1n) is 8.37. The zero-order valence-corrected chi connectivity index (χ0v) is 13.7. The summed E-state index contributed by atoms with van der Waals surface area (Å²) in [5, 5.41) is 19.1. The Hall–Kier alpha value is -1.43. The quantitative estimate of drug-likeness (QED) is 0.898. The molecule has 1 fully saturated rings. The van der Waals surface area contributed by atoms with Crippen LogP contribution in [0.2, 0.25) is 0 Å². The number of rotatable bonds is 2. The highest BCUT2D eigenvalue weighted by molar-refractivity contribution is 5.91. The normalized spacial score (nSPS) is 28.8. The molecule has 2 aliphatic heterocycles. The maximum atomic E-state index is 12.8. The lowest BCUT2D eigenvalue weighted by Crippen LogP contribution is -2.43. The monoisotopic (exact) mass is 306 g/mol. The van der Waals surface area contributed by atoms with E-state index >= 15 is 0 Å². The van der Waals surface area contributed by atoms with Gasteiger partial charge in [0.1, 0.15) is 5.82 Å². The summed E-state index contributed by atoms with van der Waals surface area (Å²) >= 11 is 0. The number of hydrogen-bond acceptors (Lipinski definition) is 4. The van der Waals surface area contributed by atoms with E-state index in [2.05, 4.69) is 10.2 Å². The molecule has 1 aromatic heterocycles. The number of β-amino-alcohol motifs (C(OH)–C–C–N with tert-alkyl or cyclic N) is 1. The third-order valence-corrected chi connectivity index (χ3v) is 5.38. The molecule has 0 aliphatic carbocycles. The molecule has 0 unspecified atom stereocenters. The van der Waals surface area contributed by atoms with Crippen LogP contribution in [0.4, 0.5) is 0 Å². The summed E-state index contributed by atoms with van der Waals surface area (Å²) in [6, 6.07) is 0. The average molecular weight is 306 g/mol. The van der Waals surface area contributed by atoms with E-state index in [1.165, 1.54) is 6.42 Å². The predicted molar refractivity (Wildman–Crippen MR) is 82.4 cm³/mol. The van der Waals surface area contributed by atoms with Crippen LogP contribution in [0.25, 0.3) is 0 Å². The van der Waals surface area contributed by atoms with Gasteiger partial charge in [-0.2, -0.15) is 0 Å². The highest BCUT2D eigenvalue weighted by atomic mass is 16.3. The SMILES string of the molecule is CC(C)[C@@]1(O)CN(C(=O)c2nnc3n2CCCCC3)C[C@@H]1C. The minimum Gasteiger partial charge on any atom is -0.387 e. The number of fused-ring (bicyclic) bond motifs is 1. The van der Waals surface area contributed by atoms with Crippen molar-refractivity contribution in [2.75, 3.05) is 13.1 Å². The summed E-state index contributed by atoms with van der Waals surface area (Å²) in [5.41, 5.74) is -0.808. The fourth-order valence-electron chi connectivity index (χ4n) is 3.71. The van der Waals surface area contributed by atoms with Gasteiger partial charge in [0.2, 0.25) is 5.82 Å². The van der Waals surface area contributed by atoms with Crippen LogP contribution in [-0.4, -0.2) is 49.4 Å². The Morgan fingerprint density at radius 1 is 1.32 bits per heavy atom. The number of aliphatic hydroxyl groups is 1. The van der Waals surface area contributed by atoms with Gasteiger partial charge in [-0.25, -0.2) is 0 Å². The van der Waals surface area contributed by atoms with Crippen molar-refractivity contribution in [2.24, 2.45) is 11.8 Å². The maximum absolute atomic E-state index is 12.8. The highest BCUT2D eigenvalue weighted by Gasteiger charge is 2.47. The van der Waals surface area contributed by atoms with E-state index in [1.54, 1.807) is 4.90 Å². The number of carbonyl (C=O) groups is 1. The van der Waals surface area contributed by atoms with Crippen LogP contribution in [0.3, 0.4) is 0 Å². The molecule has 0 aromatic carbocycles. The molecule has 2 aliphatic rings. The number of hydrogen-bond donors (Lipinski definition) is 1. The fourth-order valence-corrected chi connectivity index (χ4v) is 3.71. The minimum atomic E-state index is -0.808. The molecule has 3 heterocycles. The number of carbonyl (C=O) groups excluding carboxylic acids is 1. The molecule has 0 radical (unpaired) electrons. The van der Waals surface area contributed by atoms with Gasteiger partial charge in [-0.05, 0) is 18.8 Å². The molecule has 1 saturated heterocycles. The number of aromatic nitrogens is 3. The average Bonchev–Trinajstić information content (AvgIpc) is 2.92. The number of amides is 1. The Bertz CT molecular complexity index is 568. The van der Waals surface area contributed by atoms with Crippen LogP contribution in [-0.2, 0) is 13.0 Å². The van der Waals surface area contributed by atoms with Crippen LogP contribution >= 0.6 is 0 Å². The molecular weight excluding hydrogens is 280 g/mol. The molecule has 1 aromatic rings. The van der Waals surface area contributed by atoms with E-state index in [1.807, 2.05) is 25.3 Å². The zero-order valence-electron chi connectivity index (χ0n) is 13.7. The lowest BCUT2D eigenvalue weighted by Gasteiger charge is -2.30. The molecule has 22 heavy (non-hydrogen) atoms. The second kappa shape index (κ2) is 5.65. The molecule has 0 spiro atoms. The zero-order chi connectivity index (χ0) is 15.9. The summed E-state index contributed by atoms with van der Waals surface area (Å²) in [4.78, 5) is 14.6. The number of aryl methyl sites for hydroxylation is 1. The first-order valence-corrected chi connectivity index (χ1v) is 8.37. The Morgan fingerprint density at radius 2 is 2.09 bits per heavy atom. The van der Waals surface area contributed by atoms with Gasteiger partial charge in [0.15, 0.2) is 0 Å². The first kappa shape index (κ1) is 15.5. The van der Waals surface area contributed by atoms with Crippen molar-refractivity contribution in [3.63, 3.8) is 0 Å². The number of nitrogens with zero attached hydrogens (tertiary/aromatic N) is 4. The highest BCUT2D eigenvalue weighted by Crippen LogP contribution is 2.34. The van der Waals surface area contributed by atoms with Gasteiger partial charge in [0, 0.05) is 25.4 Å². The minimum absolute atomic E-state index is 0.0722. The predicted octanol–water partition coefficient (Wildman–Crippen LogP) is 1.48. The van der Waals surface area contributed by atoms with Crippen LogP contribution in [0.15, 0.2) is 0 Å². The molecule has 0 bridgehead atoms. The van der Waals surface area contributed by atoms with Crippen molar-refractivity contribution in [3.05, 3.63) is 11.6 Å². The van der Waals surface area contributed by atoms with E-state index in [0.29, 0.717) is 18.9 Å². The van der Waals surface area contributed by atoms with Crippen molar-refractivity contribution in [1.82, 2.24) is 19.7 Å². The third kappa shape index (κ3) is 2.43. The van der Waals surface area contributed by atoms with Crippen molar-refractivity contribution in [3.8, 4) is 0 Å². The van der Waals surface area contributed by atoms with Crippen LogP contribution in [0, 0.1) is 11.8 Å². The number of likely N-dealkylation sites (tertiary alicyclic amines) is 1. The van der Waals surface area contributed by atoms with E-state index in [4.69, 9.17) is 0 Å². The van der Waals surface area contributed by atoms with Gasteiger partial charge in [-0.1, -0.05) is 27.2 Å². The van der Waals surface area contributed by atoms with Gasteiger partial charge < -0.3 is 14.6 Å². The standard InChI is InChI=1S/C16H26N4O2/c1-11(2)16(22)10-19(9-12(16)3)15(21)14-18-17-13-7-5-4-6-8-20(13)14/h11-12,22H,4-10H2,1-3H3/t12-,16-/m0/s1. The van der Waals surface area contributed by atoms with Gasteiger partial charge in [0.25, 0.3) is 5.91 Å². The van der Waals surface area contributed by atoms with Gasteiger partial charge in [0.05, 0.1) is 12.1 Å². The molecule has 6 heteroatoms. The second-order valence-electron chi connectivity index (χ2n) is 7.13. The summed E-state index contributed by atoms with van der Waals surface area (Å²) < 4.78 is 1.98. The Balaban J connectivity index is 1.83. The second-order valence-corrected chi connectivity index (χ2v) is 7.13. The lowest BCUT2D eigenvalue weighted by atomic mass is 9.82. The topological polar surface area (TPSA) is 71.2 Å². The van der Waals surface area contributed by atoms with Crippen molar-refractivity contribution >= 4 is 5.91 Å². The van der Waals surface area contributed by atoms with Gasteiger partial charge >= 0.3 is 0 Å². The largest absolute Gasteiger partial charge is 0.387 e. The molecule has 3 rings (SSSR count). The fraction of sp³-hybridized carbons (Fsp3) is 0.812. The van der Waals surface area contributed by atoms with Gasteiger partial charge in [-0.3, -0.25) is 4.79 Å². The van der Waals surface area contributed by atoms with E-state index in [0.717, 1.165) is 31.6 Å². The van der Waals surface area contributed by atoms with Crippen LogP contribution < -0.4 is 0 Å². The molecule has 122 valence electrons. The lowest BCUT2D eigenvalue weighted by molar-refractivity contribution is -0.0244.